The van der Waals surface area contributed by atoms with E-state index in [1.54, 1.807) is 54.6 Å². The predicted molar refractivity (Wildman–Crippen MR) is 105 cm³/mol. The molecular weight excluding hydrogens is 380 g/mol. The van der Waals surface area contributed by atoms with Crippen molar-refractivity contribution in [2.45, 2.75) is 17.7 Å². The van der Waals surface area contributed by atoms with Gasteiger partial charge in [-0.2, -0.15) is 0 Å². The molecular formula is C20H20N2O5S. The van der Waals surface area contributed by atoms with Gasteiger partial charge in [0.15, 0.2) is 0 Å². The fraction of sp³-hybridized carbons (Fsp3) is 0.200. The summed E-state index contributed by atoms with van der Waals surface area (Å²) in [4.78, 5) is 24.0. The Morgan fingerprint density at radius 1 is 0.893 bits per heavy atom. The van der Waals surface area contributed by atoms with E-state index in [1.165, 1.54) is 12.1 Å². The van der Waals surface area contributed by atoms with E-state index >= 15 is 0 Å². The number of aliphatic carboxylic acids is 1. The standard InChI is InChI=1S/C20H20N2O5S/c23-19(15-10-4-5-11-16(15)20(24)25)21-17-12-6-7-13-18(17)28(26,27)22-14-8-2-1-3-9-14/h1-9,12-13,15-16,22H,10-11H2,(H,21,23)(H,24,25)/t15-,16+/m1/s1. The van der Waals surface area contributed by atoms with Crippen LogP contribution in [-0.4, -0.2) is 25.4 Å². The highest BCUT2D eigenvalue weighted by molar-refractivity contribution is 7.92. The second-order valence-electron chi connectivity index (χ2n) is 6.45. The van der Waals surface area contributed by atoms with Gasteiger partial charge >= 0.3 is 5.97 Å². The molecule has 0 saturated carbocycles. The molecule has 2 aromatic rings. The lowest BCUT2D eigenvalue weighted by molar-refractivity contribution is -0.146. The maximum absolute atomic E-state index is 12.8. The third-order valence-electron chi connectivity index (χ3n) is 4.55. The number of hydrogen-bond donors (Lipinski definition) is 3. The summed E-state index contributed by atoms with van der Waals surface area (Å²) in [5.41, 5.74) is 0.501. The number of hydrogen-bond acceptors (Lipinski definition) is 4. The average Bonchev–Trinajstić information content (AvgIpc) is 2.68. The Labute approximate surface area is 163 Å². The lowest BCUT2D eigenvalue weighted by Crippen LogP contribution is -2.35. The largest absolute Gasteiger partial charge is 0.481 e. The van der Waals surface area contributed by atoms with Crippen molar-refractivity contribution in [3.8, 4) is 0 Å². The molecule has 2 atom stereocenters. The fourth-order valence-corrected chi connectivity index (χ4v) is 4.35. The van der Waals surface area contributed by atoms with Crippen molar-refractivity contribution in [2.75, 3.05) is 10.0 Å². The van der Waals surface area contributed by atoms with Crippen molar-refractivity contribution in [1.29, 1.82) is 0 Å². The first-order chi connectivity index (χ1) is 13.4. The smallest absolute Gasteiger partial charge is 0.307 e. The van der Waals surface area contributed by atoms with Crippen LogP contribution < -0.4 is 10.0 Å². The van der Waals surface area contributed by atoms with Crippen molar-refractivity contribution in [3.05, 3.63) is 66.7 Å². The summed E-state index contributed by atoms with van der Waals surface area (Å²) in [6.07, 6.45) is 4.07. The number of carboxylic acid groups (broad SMARTS) is 1. The SMILES string of the molecule is O=C(O)[C@H]1CC=CC[C@H]1C(=O)Nc1ccccc1S(=O)(=O)Nc1ccccc1. The number of carboxylic acids is 1. The van der Waals surface area contributed by atoms with Gasteiger partial charge in [-0.3, -0.25) is 14.3 Å². The van der Waals surface area contributed by atoms with Gasteiger partial charge in [-0.1, -0.05) is 42.5 Å². The molecule has 1 aliphatic rings. The van der Waals surface area contributed by atoms with Crippen molar-refractivity contribution >= 4 is 33.3 Å². The molecule has 0 aromatic heterocycles. The van der Waals surface area contributed by atoms with Crippen LogP contribution in [0.3, 0.4) is 0 Å². The van der Waals surface area contributed by atoms with Crippen LogP contribution in [0.15, 0.2) is 71.6 Å². The number of carbonyl (C=O) groups is 2. The third-order valence-corrected chi connectivity index (χ3v) is 5.99. The van der Waals surface area contributed by atoms with E-state index in [2.05, 4.69) is 10.0 Å². The molecule has 0 spiro atoms. The fourth-order valence-electron chi connectivity index (χ4n) is 3.12. The van der Waals surface area contributed by atoms with Crippen molar-refractivity contribution in [3.63, 3.8) is 0 Å². The van der Waals surface area contributed by atoms with Crippen LogP contribution in [-0.2, 0) is 19.6 Å². The molecule has 0 bridgehead atoms. The molecule has 3 N–H and O–H groups in total. The number of rotatable bonds is 6. The number of para-hydroxylation sites is 2. The molecule has 146 valence electrons. The van der Waals surface area contributed by atoms with Gasteiger partial charge in [-0.25, -0.2) is 8.42 Å². The second-order valence-corrected chi connectivity index (χ2v) is 8.10. The lowest BCUT2D eigenvalue weighted by Gasteiger charge is -2.24. The number of sulfonamides is 1. The van der Waals surface area contributed by atoms with E-state index in [-0.39, 0.29) is 17.0 Å². The van der Waals surface area contributed by atoms with E-state index < -0.39 is 33.7 Å². The van der Waals surface area contributed by atoms with Crippen LogP contribution in [0.5, 0.6) is 0 Å². The van der Waals surface area contributed by atoms with Gasteiger partial charge in [-0.05, 0) is 37.1 Å². The number of anilines is 2. The van der Waals surface area contributed by atoms with E-state index in [9.17, 15) is 23.1 Å². The van der Waals surface area contributed by atoms with Crippen LogP contribution in [0.4, 0.5) is 11.4 Å². The number of nitrogens with one attached hydrogen (secondary N) is 2. The van der Waals surface area contributed by atoms with Gasteiger partial charge in [0.1, 0.15) is 4.90 Å². The zero-order valence-electron chi connectivity index (χ0n) is 14.9. The summed E-state index contributed by atoms with van der Waals surface area (Å²) in [7, 11) is -3.95. The molecule has 3 rings (SSSR count). The highest BCUT2D eigenvalue weighted by Gasteiger charge is 2.34. The molecule has 0 saturated heterocycles. The summed E-state index contributed by atoms with van der Waals surface area (Å²) in [6.45, 7) is 0. The molecule has 0 heterocycles. The van der Waals surface area contributed by atoms with Crippen molar-refractivity contribution in [1.82, 2.24) is 0 Å². The zero-order chi connectivity index (χ0) is 20.1. The Morgan fingerprint density at radius 2 is 1.50 bits per heavy atom. The normalized spacial score (nSPS) is 19.0. The second kappa shape index (κ2) is 8.26. The van der Waals surface area contributed by atoms with Gasteiger partial charge in [0, 0.05) is 5.69 Å². The first-order valence-electron chi connectivity index (χ1n) is 8.74. The molecule has 0 unspecified atom stereocenters. The lowest BCUT2D eigenvalue weighted by atomic mass is 9.82. The summed E-state index contributed by atoms with van der Waals surface area (Å²) < 4.78 is 28.0. The van der Waals surface area contributed by atoms with Crippen LogP contribution >= 0.6 is 0 Å². The van der Waals surface area contributed by atoms with E-state index in [4.69, 9.17) is 0 Å². The Hall–Kier alpha value is -3.13. The average molecular weight is 400 g/mol. The minimum atomic E-state index is -3.95. The minimum Gasteiger partial charge on any atom is -0.481 e. The summed E-state index contributed by atoms with van der Waals surface area (Å²) in [5, 5.41) is 12.0. The predicted octanol–water partition coefficient (Wildman–Crippen LogP) is 3.09. The Balaban J connectivity index is 1.85. The van der Waals surface area contributed by atoms with E-state index in [0.29, 0.717) is 12.1 Å². The Bertz CT molecular complexity index is 1000. The number of benzene rings is 2. The van der Waals surface area contributed by atoms with Gasteiger partial charge in [0.05, 0.1) is 17.5 Å². The molecule has 0 fully saturated rings. The van der Waals surface area contributed by atoms with Gasteiger partial charge in [-0.15, -0.1) is 0 Å². The monoisotopic (exact) mass is 400 g/mol. The first-order valence-corrected chi connectivity index (χ1v) is 10.2. The quantitative estimate of drug-likeness (QED) is 0.645. The first kappa shape index (κ1) is 19.6. The van der Waals surface area contributed by atoms with Crippen molar-refractivity contribution < 1.29 is 23.1 Å². The van der Waals surface area contributed by atoms with Crippen LogP contribution in [0.1, 0.15) is 12.8 Å². The molecule has 0 radical (unpaired) electrons. The van der Waals surface area contributed by atoms with E-state index in [1.807, 2.05) is 0 Å². The molecule has 28 heavy (non-hydrogen) atoms. The number of allylic oxidation sites excluding steroid dienone is 2. The van der Waals surface area contributed by atoms with Crippen LogP contribution in [0.25, 0.3) is 0 Å². The summed E-state index contributed by atoms with van der Waals surface area (Å²) in [6, 6.07) is 14.4. The molecule has 0 aliphatic heterocycles. The topological polar surface area (TPSA) is 113 Å². The molecule has 7 nitrogen and oxygen atoms in total. The Morgan fingerprint density at radius 3 is 2.18 bits per heavy atom. The maximum Gasteiger partial charge on any atom is 0.307 e. The Kier molecular flexibility index (Phi) is 5.79. The van der Waals surface area contributed by atoms with Crippen molar-refractivity contribution in [2.24, 2.45) is 11.8 Å². The highest BCUT2D eigenvalue weighted by Crippen LogP contribution is 2.29. The van der Waals surface area contributed by atoms with Gasteiger partial charge < -0.3 is 10.4 Å². The molecule has 1 aliphatic carbocycles. The van der Waals surface area contributed by atoms with Crippen LogP contribution in [0, 0.1) is 11.8 Å². The van der Waals surface area contributed by atoms with E-state index in [0.717, 1.165) is 0 Å². The highest BCUT2D eigenvalue weighted by atomic mass is 32.2. The zero-order valence-corrected chi connectivity index (χ0v) is 15.7. The van der Waals surface area contributed by atoms with Gasteiger partial charge in [0.2, 0.25) is 5.91 Å². The maximum atomic E-state index is 12.8. The molecule has 8 heteroatoms. The summed E-state index contributed by atoms with van der Waals surface area (Å²) >= 11 is 0. The molecule has 2 aromatic carbocycles. The number of amides is 1. The minimum absolute atomic E-state index is 0.0922. The van der Waals surface area contributed by atoms with Gasteiger partial charge in [0.25, 0.3) is 10.0 Å². The third kappa shape index (κ3) is 4.40. The molecule has 1 amide bonds. The number of carbonyl (C=O) groups excluding carboxylic acids is 1. The summed E-state index contributed by atoms with van der Waals surface area (Å²) in [5.74, 6) is -3.16. The van der Waals surface area contributed by atoms with Crippen LogP contribution in [0.2, 0.25) is 0 Å².